The van der Waals surface area contributed by atoms with E-state index in [0.717, 1.165) is 39.7 Å². The lowest BCUT2D eigenvalue weighted by molar-refractivity contribution is 0.586. The van der Waals surface area contributed by atoms with E-state index in [1.165, 1.54) is 0 Å². The molecule has 0 saturated carbocycles. The van der Waals surface area contributed by atoms with Gasteiger partial charge in [0.25, 0.3) is 10.0 Å². The first-order valence-corrected chi connectivity index (χ1v) is 11.5. The molecule has 1 aromatic heterocycles. The number of aromatic nitrogens is 1. The Morgan fingerprint density at radius 3 is 2.45 bits per heavy atom. The standard InChI is InChI=1S/C24H20ClNO2S/c1-16-9-11-20(12-10-16)29(27,28)26-23-8-3-2-7-21(23)22-14-18(15-24(22)26)17-5-4-6-19(25)13-17/h2-13,18H,14-15H2,1H3. The molecule has 1 aliphatic carbocycles. The molecule has 3 aromatic carbocycles. The third-order valence-electron chi connectivity index (χ3n) is 5.81. The molecule has 0 N–H and O–H groups in total. The van der Waals surface area contributed by atoms with Crippen LogP contribution in [-0.2, 0) is 22.9 Å². The molecule has 29 heavy (non-hydrogen) atoms. The molecule has 0 aliphatic heterocycles. The van der Waals surface area contributed by atoms with Crippen LogP contribution in [0.25, 0.3) is 10.9 Å². The number of nitrogens with zero attached hydrogens (tertiary/aromatic N) is 1. The number of hydrogen-bond acceptors (Lipinski definition) is 2. The lowest BCUT2D eigenvalue weighted by atomic mass is 9.96. The van der Waals surface area contributed by atoms with Crippen molar-refractivity contribution in [3.05, 3.63) is 100 Å². The summed E-state index contributed by atoms with van der Waals surface area (Å²) in [6.45, 7) is 1.95. The highest BCUT2D eigenvalue weighted by molar-refractivity contribution is 7.90. The van der Waals surface area contributed by atoms with Crippen LogP contribution in [0.1, 0.15) is 28.3 Å². The van der Waals surface area contributed by atoms with Crippen LogP contribution in [0.5, 0.6) is 0 Å². The minimum atomic E-state index is -3.69. The van der Waals surface area contributed by atoms with E-state index in [-0.39, 0.29) is 5.92 Å². The van der Waals surface area contributed by atoms with Crippen LogP contribution in [0, 0.1) is 6.92 Å². The molecule has 0 saturated heterocycles. The average Bonchev–Trinajstić information content (AvgIpc) is 3.25. The van der Waals surface area contributed by atoms with Crippen molar-refractivity contribution >= 4 is 32.5 Å². The van der Waals surface area contributed by atoms with Crippen molar-refractivity contribution in [2.45, 2.75) is 30.6 Å². The summed E-state index contributed by atoms with van der Waals surface area (Å²) in [7, 11) is -3.69. The van der Waals surface area contributed by atoms with Crippen LogP contribution < -0.4 is 0 Å². The molecule has 0 amide bonds. The second-order valence-corrected chi connectivity index (χ2v) is 9.91. The topological polar surface area (TPSA) is 39.1 Å². The molecule has 1 atom stereocenters. The predicted octanol–water partition coefficient (Wildman–Crippen LogP) is 5.72. The molecular formula is C24H20ClNO2S. The number of hydrogen-bond donors (Lipinski definition) is 0. The van der Waals surface area contributed by atoms with Gasteiger partial charge in [0.15, 0.2) is 0 Å². The minimum absolute atomic E-state index is 0.225. The summed E-state index contributed by atoms with van der Waals surface area (Å²) in [6.07, 6.45) is 1.49. The van der Waals surface area contributed by atoms with Gasteiger partial charge in [-0.1, -0.05) is 59.6 Å². The highest BCUT2D eigenvalue weighted by Gasteiger charge is 2.33. The van der Waals surface area contributed by atoms with Gasteiger partial charge in [-0.2, -0.15) is 0 Å². The molecule has 1 unspecified atom stereocenters. The van der Waals surface area contributed by atoms with Crippen LogP contribution in [0.3, 0.4) is 0 Å². The van der Waals surface area contributed by atoms with Crippen LogP contribution >= 0.6 is 11.6 Å². The Labute approximate surface area is 175 Å². The van der Waals surface area contributed by atoms with Gasteiger partial charge in [0.05, 0.1) is 10.4 Å². The number of para-hydroxylation sites is 1. The van der Waals surface area contributed by atoms with Gasteiger partial charge in [0, 0.05) is 16.1 Å². The highest BCUT2D eigenvalue weighted by Crippen LogP contribution is 2.42. The molecule has 0 fully saturated rings. The van der Waals surface area contributed by atoms with Crippen molar-refractivity contribution in [1.29, 1.82) is 0 Å². The zero-order chi connectivity index (χ0) is 20.2. The van der Waals surface area contributed by atoms with Gasteiger partial charge in [-0.3, -0.25) is 0 Å². The number of rotatable bonds is 3. The monoisotopic (exact) mass is 421 g/mol. The molecule has 5 heteroatoms. The van der Waals surface area contributed by atoms with Gasteiger partial charge in [0.2, 0.25) is 0 Å². The smallest absolute Gasteiger partial charge is 0.238 e. The largest absolute Gasteiger partial charge is 0.268 e. The van der Waals surface area contributed by atoms with Crippen molar-refractivity contribution in [3.8, 4) is 0 Å². The summed E-state index contributed by atoms with van der Waals surface area (Å²) in [5, 5.41) is 1.72. The van der Waals surface area contributed by atoms with E-state index in [1.807, 2.05) is 61.5 Å². The Morgan fingerprint density at radius 2 is 1.69 bits per heavy atom. The summed E-state index contributed by atoms with van der Waals surface area (Å²) >= 11 is 6.20. The quantitative estimate of drug-likeness (QED) is 0.424. The van der Waals surface area contributed by atoms with Crippen molar-refractivity contribution in [2.75, 3.05) is 0 Å². The van der Waals surface area contributed by atoms with E-state index in [4.69, 9.17) is 11.6 Å². The summed E-state index contributed by atoms with van der Waals surface area (Å²) in [5.74, 6) is 0.225. The Morgan fingerprint density at radius 1 is 0.931 bits per heavy atom. The third-order valence-corrected chi connectivity index (χ3v) is 7.81. The third kappa shape index (κ3) is 2.98. The highest BCUT2D eigenvalue weighted by atomic mass is 35.5. The van der Waals surface area contributed by atoms with Gasteiger partial charge >= 0.3 is 0 Å². The Hall–Kier alpha value is -2.56. The van der Waals surface area contributed by atoms with Crippen molar-refractivity contribution in [2.24, 2.45) is 0 Å². The lowest BCUT2D eigenvalue weighted by Gasteiger charge is -2.14. The molecule has 4 aromatic rings. The second kappa shape index (κ2) is 6.75. The number of benzene rings is 3. The zero-order valence-electron chi connectivity index (χ0n) is 16.0. The molecule has 5 rings (SSSR count). The summed E-state index contributed by atoms with van der Waals surface area (Å²) in [4.78, 5) is 0.317. The number of fused-ring (bicyclic) bond motifs is 3. The zero-order valence-corrected chi connectivity index (χ0v) is 17.5. The van der Waals surface area contributed by atoms with Crippen LogP contribution in [0.15, 0.2) is 77.7 Å². The summed E-state index contributed by atoms with van der Waals surface area (Å²) in [6, 6.07) is 22.7. The Balaban J connectivity index is 1.69. The fraction of sp³-hybridized carbons (Fsp3) is 0.167. The van der Waals surface area contributed by atoms with E-state index in [9.17, 15) is 8.42 Å². The maximum absolute atomic E-state index is 13.6. The van der Waals surface area contributed by atoms with E-state index in [1.54, 1.807) is 16.1 Å². The Bertz CT molecular complexity index is 1340. The normalized spacial score (nSPS) is 16.3. The van der Waals surface area contributed by atoms with Crippen LogP contribution in [0.2, 0.25) is 5.02 Å². The summed E-state index contributed by atoms with van der Waals surface area (Å²) < 4.78 is 28.8. The second-order valence-electron chi connectivity index (χ2n) is 7.69. The van der Waals surface area contributed by atoms with Crippen molar-refractivity contribution < 1.29 is 8.42 Å². The molecule has 0 spiro atoms. The molecule has 1 aliphatic rings. The van der Waals surface area contributed by atoms with Crippen LogP contribution in [-0.4, -0.2) is 12.4 Å². The van der Waals surface area contributed by atoms with E-state index in [0.29, 0.717) is 16.3 Å². The predicted molar refractivity (Wildman–Crippen MR) is 117 cm³/mol. The first-order chi connectivity index (χ1) is 13.9. The molecule has 146 valence electrons. The van der Waals surface area contributed by atoms with Gasteiger partial charge in [-0.25, -0.2) is 12.4 Å². The molecule has 3 nitrogen and oxygen atoms in total. The van der Waals surface area contributed by atoms with Crippen molar-refractivity contribution in [3.63, 3.8) is 0 Å². The average molecular weight is 422 g/mol. The molecule has 0 radical (unpaired) electrons. The first kappa shape index (κ1) is 18.5. The molecule has 0 bridgehead atoms. The van der Waals surface area contributed by atoms with Gasteiger partial charge < -0.3 is 0 Å². The van der Waals surface area contributed by atoms with Gasteiger partial charge in [-0.15, -0.1) is 0 Å². The first-order valence-electron chi connectivity index (χ1n) is 9.64. The lowest BCUT2D eigenvalue weighted by Crippen LogP contribution is -2.16. The fourth-order valence-corrected chi connectivity index (χ4v) is 6.18. The number of halogens is 1. The SMILES string of the molecule is Cc1ccc(S(=O)(=O)n2c3c(c4ccccc42)CC(c2cccc(Cl)c2)C3)cc1. The maximum Gasteiger partial charge on any atom is 0.268 e. The van der Waals surface area contributed by atoms with Gasteiger partial charge in [-0.05, 0) is 67.1 Å². The van der Waals surface area contributed by atoms with E-state index < -0.39 is 10.0 Å². The van der Waals surface area contributed by atoms with Crippen LogP contribution in [0.4, 0.5) is 0 Å². The van der Waals surface area contributed by atoms with Crippen molar-refractivity contribution in [1.82, 2.24) is 3.97 Å². The molecular weight excluding hydrogens is 402 g/mol. The minimum Gasteiger partial charge on any atom is -0.238 e. The van der Waals surface area contributed by atoms with E-state index in [2.05, 4.69) is 6.07 Å². The Kier molecular flexibility index (Phi) is 4.30. The fourth-order valence-electron chi connectivity index (χ4n) is 4.40. The van der Waals surface area contributed by atoms with Gasteiger partial charge in [0.1, 0.15) is 0 Å². The summed E-state index contributed by atoms with van der Waals surface area (Å²) in [5.41, 5.74) is 4.95. The molecule has 1 heterocycles. The number of aryl methyl sites for hydroxylation is 1. The van der Waals surface area contributed by atoms with E-state index >= 15 is 0 Å². The maximum atomic E-state index is 13.6.